The number of aryl methyl sites for hydroxylation is 1. The quantitative estimate of drug-likeness (QED) is 0.444. The van der Waals surface area contributed by atoms with E-state index in [1.165, 1.54) is 19.2 Å². The summed E-state index contributed by atoms with van der Waals surface area (Å²) in [6, 6.07) is 10.6. The highest BCUT2D eigenvalue weighted by Gasteiger charge is 2.37. The maximum atomic E-state index is 13.0. The largest absolute Gasteiger partial charge is 0.497 e. The Morgan fingerprint density at radius 3 is 2.23 bits per heavy atom. The fourth-order valence-corrected chi connectivity index (χ4v) is 3.19. The molecule has 0 bridgehead atoms. The molecule has 2 aromatic carbocycles. The Balaban J connectivity index is 1.69. The number of anilines is 1. The van der Waals surface area contributed by atoms with E-state index >= 15 is 0 Å². The number of nitrogens with one attached hydrogen (secondary N) is 1. The van der Waals surface area contributed by atoms with Crippen molar-refractivity contribution < 1.29 is 35.9 Å². The summed E-state index contributed by atoms with van der Waals surface area (Å²) in [4.78, 5) is 24.3. The van der Waals surface area contributed by atoms with Crippen LogP contribution in [0.2, 0.25) is 0 Å². The molecular formula is C23H19F6N3O3. The number of rotatable bonds is 7. The van der Waals surface area contributed by atoms with Crippen LogP contribution in [0.4, 0.5) is 32.0 Å². The monoisotopic (exact) mass is 499 g/mol. The molecule has 0 unspecified atom stereocenters. The van der Waals surface area contributed by atoms with E-state index in [9.17, 15) is 35.9 Å². The van der Waals surface area contributed by atoms with Gasteiger partial charge in [-0.25, -0.2) is 4.68 Å². The van der Waals surface area contributed by atoms with Crippen LogP contribution in [0.25, 0.3) is 11.3 Å². The second kappa shape index (κ2) is 10.2. The number of amides is 1. The average Bonchev–Trinajstić information content (AvgIpc) is 2.79. The highest BCUT2D eigenvalue weighted by Crippen LogP contribution is 2.37. The molecule has 1 heterocycles. The van der Waals surface area contributed by atoms with Crippen LogP contribution >= 0.6 is 0 Å². The Hall–Kier alpha value is -3.83. The molecule has 0 saturated heterocycles. The maximum absolute atomic E-state index is 13.0. The van der Waals surface area contributed by atoms with Crippen molar-refractivity contribution in [3.8, 4) is 17.0 Å². The Morgan fingerprint density at radius 1 is 0.971 bits per heavy atom. The second-order valence-electron chi connectivity index (χ2n) is 7.46. The molecule has 1 aromatic heterocycles. The topological polar surface area (TPSA) is 73.2 Å². The first-order chi connectivity index (χ1) is 16.4. The summed E-state index contributed by atoms with van der Waals surface area (Å²) in [5.41, 5.74) is -2.99. The number of methoxy groups -OCH3 is 1. The molecule has 1 amide bonds. The Labute approximate surface area is 195 Å². The lowest BCUT2D eigenvalue weighted by atomic mass is 10.1. The summed E-state index contributed by atoms with van der Waals surface area (Å²) in [7, 11) is 1.50. The van der Waals surface area contributed by atoms with Crippen LogP contribution in [0.5, 0.6) is 5.75 Å². The van der Waals surface area contributed by atoms with E-state index in [1.807, 2.05) is 0 Å². The molecule has 35 heavy (non-hydrogen) atoms. The van der Waals surface area contributed by atoms with Gasteiger partial charge in [0.15, 0.2) is 0 Å². The lowest BCUT2D eigenvalue weighted by molar-refractivity contribution is -0.143. The van der Waals surface area contributed by atoms with E-state index < -0.39 is 40.6 Å². The highest BCUT2D eigenvalue weighted by molar-refractivity contribution is 5.90. The molecule has 3 rings (SSSR count). The van der Waals surface area contributed by atoms with E-state index in [0.29, 0.717) is 29.1 Å². The fourth-order valence-electron chi connectivity index (χ4n) is 3.19. The number of alkyl halides is 6. The fraction of sp³-hybridized carbons (Fsp3) is 0.261. The van der Waals surface area contributed by atoms with Gasteiger partial charge in [-0.15, -0.1) is 0 Å². The van der Waals surface area contributed by atoms with Crippen LogP contribution < -0.4 is 15.6 Å². The zero-order valence-corrected chi connectivity index (χ0v) is 18.2. The Bertz CT molecular complexity index is 1240. The molecule has 12 heteroatoms. The van der Waals surface area contributed by atoms with Crippen LogP contribution in [-0.2, 0) is 23.7 Å². The van der Waals surface area contributed by atoms with Crippen molar-refractivity contribution in [1.82, 2.24) is 9.78 Å². The summed E-state index contributed by atoms with van der Waals surface area (Å²) in [6.07, 6.45) is -10.3. The SMILES string of the molecule is COc1cccc(-c2ccc(=O)n(CCCC(=O)Nc3cc(C(F)(F)F)cc(C(F)(F)F)c3)n2)c1. The third kappa shape index (κ3) is 6.84. The summed E-state index contributed by atoms with van der Waals surface area (Å²) >= 11 is 0. The minimum Gasteiger partial charge on any atom is -0.497 e. The Morgan fingerprint density at radius 2 is 1.63 bits per heavy atom. The smallest absolute Gasteiger partial charge is 0.416 e. The summed E-state index contributed by atoms with van der Waals surface area (Å²) in [6.45, 7) is 0.000450. The average molecular weight is 499 g/mol. The van der Waals surface area contributed by atoms with Gasteiger partial charge in [0.05, 0.1) is 23.9 Å². The van der Waals surface area contributed by atoms with E-state index in [2.05, 4.69) is 10.4 Å². The van der Waals surface area contributed by atoms with Crippen molar-refractivity contribution in [2.75, 3.05) is 12.4 Å². The minimum absolute atomic E-state index is 0.000450. The standard InChI is InChI=1S/C23H19F6N3O3/c1-35-18-5-2-4-14(10-18)19-7-8-21(34)32(31-19)9-3-6-20(33)30-17-12-15(22(24,25)26)11-16(13-17)23(27,28)29/h2,4-5,7-8,10-13H,3,6,9H2,1H3,(H,30,33). The van der Waals surface area contributed by atoms with Crippen molar-refractivity contribution in [3.63, 3.8) is 0 Å². The van der Waals surface area contributed by atoms with Gasteiger partial charge in [0.2, 0.25) is 5.91 Å². The molecule has 1 N–H and O–H groups in total. The van der Waals surface area contributed by atoms with Crippen molar-refractivity contribution in [3.05, 3.63) is 76.1 Å². The first-order valence-corrected chi connectivity index (χ1v) is 10.2. The van der Waals surface area contributed by atoms with Crippen LogP contribution in [0.3, 0.4) is 0 Å². The number of halogens is 6. The van der Waals surface area contributed by atoms with Gasteiger partial charge in [-0.2, -0.15) is 31.4 Å². The van der Waals surface area contributed by atoms with Crippen LogP contribution in [-0.4, -0.2) is 22.8 Å². The number of carbonyl (C=O) groups excluding carboxylic acids is 1. The molecule has 0 fully saturated rings. The molecule has 186 valence electrons. The number of aromatic nitrogens is 2. The predicted octanol–water partition coefficient (Wildman–Crippen LogP) is 5.38. The molecule has 0 aliphatic heterocycles. The lowest BCUT2D eigenvalue weighted by Crippen LogP contribution is -2.23. The van der Waals surface area contributed by atoms with E-state index in [-0.39, 0.29) is 25.5 Å². The third-order valence-corrected chi connectivity index (χ3v) is 4.88. The van der Waals surface area contributed by atoms with Gasteiger partial charge >= 0.3 is 12.4 Å². The molecule has 6 nitrogen and oxygen atoms in total. The number of benzene rings is 2. The zero-order chi connectivity index (χ0) is 25.8. The third-order valence-electron chi connectivity index (χ3n) is 4.88. The number of hydrogen-bond acceptors (Lipinski definition) is 4. The van der Waals surface area contributed by atoms with Crippen LogP contribution in [0, 0.1) is 0 Å². The van der Waals surface area contributed by atoms with Crippen molar-refractivity contribution in [1.29, 1.82) is 0 Å². The molecule has 0 spiro atoms. The first-order valence-electron chi connectivity index (χ1n) is 10.2. The molecule has 0 aliphatic rings. The van der Waals surface area contributed by atoms with Crippen molar-refractivity contribution in [2.45, 2.75) is 31.7 Å². The van der Waals surface area contributed by atoms with Gasteiger partial charge in [0.1, 0.15) is 5.75 Å². The molecule has 0 saturated carbocycles. The normalized spacial score (nSPS) is 11.9. The minimum atomic E-state index is -5.03. The number of ether oxygens (including phenoxy) is 1. The maximum Gasteiger partial charge on any atom is 0.416 e. The van der Waals surface area contributed by atoms with Crippen LogP contribution in [0.15, 0.2) is 59.4 Å². The van der Waals surface area contributed by atoms with Gasteiger partial charge in [0.25, 0.3) is 5.56 Å². The molecular weight excluding hydrogens is 480 g/mol. The highest BCUT2D eigenvalue weighted by atomic mass is 19.4. The summed E-state index contributed by atoms with van der Waals surface area (Å²) in [5, 5.41) is 6.30. The van der Waals surface area contributed by atoms with E-state index in [4.69, 9.17) is 4.74 Å². The Kier molecular flexibility index (Phi) is 7.51. The number of carbonyl (C=O) groups is 1. The van der Waals surface area contributed by atoms with Crippen LogP contribution in [0.1, 0.15) is 24.0 Å². The van der Waals surface area contributed by atoms with Gasteiger partial charge in [-0.1, -0.05) is 12.1 Å². The van der Waals surface area contributed by atoms with Gasteiger partial charge in [0, 0.05) is 30.3 Å². The van der Waals surface area contributed by atoms with Gasteiger partial charge < -0.3 is 10.1 Å². The number of hydrogen-bond donors (Lipinski definition) is 1. The molecule has 0 radical (unpaired) electrons. The van der Waals surface area contributed by atoms with Crippen molar-refractivity contribution >= 4 is 11.6 Å². The first kappa shape index (κ1) is 25.8. The second-order valence-corrected chi connectivity index (χ2v) is 7.46. The van der Waals surface area contributed by atoms with Gasteiger partial charge in [-0.05, 0) is 42.8 Å². The van der Waals surface area contributed by atoms with Gasteiger partial charge in [-0.3, -0.25) is 9.59 Å². The summed E-state index contributed by atoms with van der Waals surface area (Å²) < 4.78 is 84.1. The lowest BCUT2D eigenvalue weighted by Gasteiger charge is -2.15. The van der Waals surface area contributed by atoms with Crippen molar-refractivity contribution in [2.24, 2.45) is 0 Å². The predicted molar refractivity (Wildman–Crippen MR) is 115 cm³/mol. The molecule has 0 aliphatic carbocycles. The van der Waals surface area contributed by atoms with E-state index in [1.54, 1.807) is 24.3 Å². The number of nitrogens with zero attached hydrogens (tertiary/aromatic N) is 2. The zero-order valence-electron chi connectivity index (χ0n) is 18.2. The molecule has 3 aromatic rings. The summed E-state index contributed by atoms with van der Waals surface area (Å²) in [5.74, 6) is -0.226. The molecule has 0 atom stereocenters. The van der Waals surface area contributed by atoms with E-state index in [0.717, 1.165) is 4.68 Å².